The molecule has 0 amide bonds. The molecule has 0 atom stereocenters. The van der Waals surface area contributed by atoms with Gasteiger partial charge in [-0.05, 0) is 76.9 Å². The summed E-state index contributed by atoms with van der Waals surface area (Å²) in [5, 5.41) is 0. The Morgan fingerprint density at radius 3 is 1.67 bits per heavy atom. The Labute approximate surface area is 262 Å². The van der Waals surface area contributed by atoms with Crippen LogP contribution in [0.4, 0.5) is 0 Å². The largest absolute Gasteiger partial charge is 0.303 e. The molecule has 234 valence electrons. The maximum absolute atomic E-state index is 4.36. The molecule has 0 spiro atoms. The molecule has 0 N–H and O–H groups in total. The van der Waals surface area contributed by atoms with Crippen LogP contribution in [0.25, 0.3) is 0 Å². The van der Waals surface area contributed by atoms with Gasteiger partial charge in [-0.1, -0.05) is 98.1 Å². The summed E-state index contributed by atoms with van der Waals surface area (Å²) in [5.74, 6) is 1.01. The summed E-state index contributed by atoms with van der Waals surface area (Å²) >= 11 is 0. The van der Waals surface area contributed by atoms with Gasteiger partial charge in [-0.3, -0.25) is 4.90 Å². The summed E-state index contributed by atoms with van der Waals surface area (Å²) in [6.07, 6.45) is 17.5. The van der Waals surface area contributed by atoms with E-state index in [1.165, 1.54) is 93.4 Å². The van der Waals surface area contributed by atoms with Crippen LogP contribution >= 0.6 is 0 Å². The molecule has 1 saturated heterocycles. The first-order valence-corrected chi connectivity index (χ1v) is 15.6. The molecule has 2 nitrogen and oxygen atoms in total. The highest BCUT2D eigenvalue weighted by Crippen LogP contribution is 2.30. The number of terminal acetylenes is 1. The van der Waals surface area contributed by atoms with Crippen molar-refractivity contribution in [3.05, 3.63) is 123 Å². The fraction of sp³-hybridized carbons (Fsp3) is 0.450. The minimum absolute atomic E-state index is 1.01. The first-order valence-electron chi connectivity index (χ1n) is 15.6. The van der Waals surface area contributed by atoms with Gasteiger partial charge in [0.1, 0.15) is 0 Å². The maximum atomic E-state index is 4.36. The Hall–Kier alpha value is -3.12. The molecule has 2 aromatic carbocycles. The van der Waals surface area contributed by atoms with E-state index in [4.69, 9.17) is 0 Å². The molecular formula is C40H64N2. The lowest BCUT2D eigenvalue weighted by Crippen LogP contribution is -2.33. The van der Waals surface area contributed by atoms with E-state index in [1.54, 1.807) is 0 Å². The third-order valence-electron chi connectivity index (χ3n) is 6.58. The van der Waals surface area contributed by atoms with Gasteiger partial charge in [-0.25, -0.2) is 0 Å². The summed E-state index contributed by atoms with van der Waals surface area (Å²) in [7, 11) is 0. The van der Waals surface area contributed by atoms with Crippen LogP contribution in [0.15, 0.2) is 106 Å². The summed E-state index contributed by atoms with van der Waals surface area (Å²) in [4.78, 5) is 5.36. The highest BCUT2D eigenvalue weighted by atomic mass is 15.1. The third kappa shape index (κ3) is 24.7. The van der Waals surface area contributed by atoms with Crippen molar-refractivity contribution in [1.29, 1.82) is 0 Å². The summed E-state index contributed by atoms with van der Waals surface area (Å²) in [5.41, 5.74) is 5.52. The molecule has 2 fully saturated rings. The van der Waals surface area contributed by atoms with Crippen LogP contribution in [0, 0.1) is 32.6 Å². The number of hydrogen-bond donors (Lipinski definition) is 0. The van der Waals surface area contributed by atoms with E-state index in [2.05, 4.69) is 119 Å². The minimum atomic E-state index is 1.01. The molecule has 0 radical (unpaired) electrons. The molecular weight excluding hydrogens is 508 g/mol. The van der Waals surface area contributed by atoms with Crippen molar-refractivity contribution in [2.24, 2.45) is 5.92 Å². The minimum Gasteiger partial charge on any atom is -0.303 e. The van der Waals surface area contributed by atoms with Crippen molar-refractivity contribution in [1.82, 2.24) is 9.80 Å². The van der Waals surface area contributed by atoms with Gasteiger partial charge in [-0.15, -0.1) is 52.3 Å². The zero-order valence-corrected chi connectivity index (χ0v) is 28.0. The lowest BCUT2D eigenvalue weighted by molar-refractivity contribution is 0.217. The first-order chi connectivity index (χ1) is 20.6. The van der Waals surface area contributed by atoms with Crippen molar-refractivity contribution in [2.45, 2.75) is 79.2 Å². The van der Waals surface area contributed by atoms with E-state index >= 15 is 0 Å². The monoisotopic (exact) mass is 573 g/mol. The summed E-state index contributed by atoms with van der Waals surface area (Å²) in [6, 6.07) is 19.3. The van der Waals surface area contributed by atoms with Gasteiger partial charge in [0.15, 0.2) is 0 Å². The lowest BCUT2D eigenvalue weighted by Gasteiger charge is -2.28. The van der Waals surface area contributed by atoms with Crippen LogP contribution in [0.2, 0.25) is 0 Å². The van der Waals surface area contributed by atoms with Crippen molar-refractivity contribution in [3.8, 4) is 12.8 Å². The average molecular weight is 573 g/mol. The van der Waals surface area contributed by atoms with Crippen molar-refractivity contribution in [2.75, 3.05) is 32.7 Å². The predicted molar refractivity (Wildman–Crippen MR) is 194 cm³/mol. The second kappa shape index (κ2) is 32.4. The molecule has 2 aliphatic rings. The van der Waals surface area contributed by atoms with Gasteiger partial charge in [0.2, 0.25) is 0 Å². The predicted octanol–water partition coefficient (Wildman–Crippen LogP) is 10.7. The highest BCUT2D eigenvalue weighted by molar-refractivity contribution is 5.21. The Bertz CT molecular complexity index is 859. The van der Waals surface area contributed by atoms with Crippen LogP contribution in [-0.2, 0) is 6.54 Å². The van der Waals surface area contributed by atoms with Crippen LogP contribution in [0.3, 0.4) is 0 Å². The molecule has 4 rings (SSSR count). The second-order valence-corrected chi connectivity index (χ2v) is 10.0. The third-order valence-corrected chi connectivity index (χ3v) is 6.58. The smallest absolute Gasteiger partial charge is 0.0237 e. The van der Waals surface area contributed by atoms with Gasteiger partial charge in [0.25, 0.3) is 0 Å². The van der Waals surface area contributed by atoms with E-state index in [0.29, 0.717) is 0 Å². The Balaban J connectivity index is -0.000000746. The fourth-order valence-electron chi connectivity index (χ4n) is 4.46. The molecule has 1 saturated carbocycles. The zero-order chi connectivity index (χ0) is 32.6. The quantitative estimate of drug-likeness (QED) is 0.265. The number of aryl methyl sites for hydroxylation is 2. The molecule has 42 heavy (non-hydrogen) atoms. The number of benzene rings is 2. The molecule has 1 aliphatic heterocycles. The Kier molecular flexibility index (Phi) is 33.4. The second-order valence-electron chi connectivity index (χ2n) is 10.0. The molecule has 0 aromatic heterocycles. The molecule has 0 unspecified atom stereocenters. The van der Waals surface area contributed by atoms with E-state index in [-0.39, 0.29) is 0 Å². The normalized spacial score (nSPS) is 15.2. The standard InChI is InChI=1S/C23H36N2.C7H8.C2H6.3C2H4.C2H2/c1-20-8-10-22(11-9-20)19-25-16-6-15-24(18-23-12-13-23)14-5-3-4-7-21(2)17-25;1-7-5-3-2-4-6-7;5*1-2/h8-11,23H,2-7,12-19H2,1H3;2-6H,1H3;1-2H3;3*1-2H2;1-2H. The molecule has 0 bridgehead atoms. The maximum Gasteiger partial charge on any atom is 0.0237 e. The van der Waals surface area contributed by atoms with Gasteiger partial charge in [0.05, 0.1) is 0 Å². The van der Waals surface area contributed by atoms with Gasteiger partial charge >= 0.3 is 0 Å². The molecule has 1 heterocycles. The van der Waals surface area contributed by atoms with Gasteiger partial charge < -0.3 is 4.90 Å². The average Bonchev–Trinajstić information content (AvgIpc) is 3.87. The van der Waals surface area contributed by atoms with Crippen molar-refractivity contribution < 1.29 is 0 Å². The van der Waals surface area contributed by atoms with E-state index < -0.39 is 0 Å². The van der Waals surface area contributed by atoms with E-state index in [0.717, 1.165) is 19.0 Å². The van der Waals surface area contributed by atoms with Crippen molar-refractivity contribution in [3.63, 3.8) is 0 Å². The molecule has 2 aromatic rings. The number of rotatable bonds is 4. The number of nitrogens with zero attached hydrogens (tertiary/aromatic N) is 2. The van der Waals surface area contributed by atoms with Crippen LogP contribution in [0.1, 0.15) is 75.5 Å². The van der Waals surface area contributed by atoms with Crippen LogP contribution < -0.4 is 0 Å². The van der Waals surface area contributed by atoms with Gasteiger partial charge in [0, 0.05) is 26.2 Å². The summed E-state index contributed by atoms with van der Waals surface area (Å²) < 4.78 is 0. The molecule has 1 aliphatic carbocycles. The molecule has 2 heteroatoms. The Morgan fingerprint density at radius 2 is 1.17 bits per heavy atom. The van der Waals surface area contributed by atoms with E-state index in [9.17, 15) is 0 Å². The number of hydrogen-bond acceptors (Lipinski definition) is 2. The van der Waals surface area contributed by atoms with Crippen LogP contribution in [0.5, 0.6) is 0 Å². The van der Waals surface area contributed by atoms with E-state index in [1.807, 2.05) is 32.0 Å². The highest BCUT2D eigenvalue weighted by Gasteiger charge is 2.24. The SMILES string of the molecule is C#C.C=C.C=C.C=C.C=C1CCCCCN(CC2CC2)CCCN(Cc2ccc(C)cc2)C1.CC.Cc1ccccc1. The van der Waals surface area contributed by atoms with Gasteiger partial charge in [-0.2, -0.15) is 0 Å². The first kappa shape index (κ1) is 43.3. The Morgan fingerprint density at radius 1 is 0.667 bits per heavy atom. The fourth-order valence-corrected chi connectivity index (χ4v) is 4.46. The summed E-state index contributed by atoms with van der Waals surface area (Å²) in [6.45, 7) is 37.8. The van der Waals surface area contributed by atoms with Crippen molar-refractivity contribution >= 4 is 0 Å². The zero-order valence-electron chi connectivity index (χ0n) is 28.0. The van der Waals surface area contributed by atoms with Crippen LogP contribution in [-0.4, -0.2) is 42.5 Å². The topological polar surface area (TPSA) is 6.48 Å². The lowest BCUT2D eigenvalue weighted by atomic mass is 10.1.